The Morgan fingerprint density at radius 2 is 1.75 bits per heavy atom. The zero-order valence-corrected chi connectivity index (χ0v) is 14.7. The quantitative estimate of drug-likeness (QED) is 0.695. The van der Waals surface area contributed by atoms with Crippen molar-refractivity contribution >= 4 is 23.2 Å². The van der Waals surface area contributed by atoms with E-state index < -0.39 is 0 Å². The summed E-state index contributed by atoms with van der Waals surface area (Å²) in [5.74, 6) is 1.18. The van der Waals surface area contributed by atoms with Gasteiger partial charge in [-0.1, -0.05) is 31.0 Å². The third kappa shape index (κ3) is 5.78. The second-order valence-corrected chi connectivity index (χ2v) is 5.88. The Morgan fingerprint density at radius 3 is 2.38 bits per heavy atom. The van der Waals surface area contributed by atoms with Crippen LogP contribution >= 0.6 is 11.6 Å². The van der Waals surface area contributed by atoms with Crippen LogP contribution in [0.3, 0.4) is 0 Å². The van der Waals surface area contributed by atoms with Crippen molar-refractivity contribution in [1.82, 2.24) is 0 Å². The monoisotopic (exact) mass is 347 g/mol. The lowest BCUT2D eigenvalue weighted by molar-refractivity contribution is -0.118. The standard InChI is InChI=1S/C19H22ClNO3/c1-3-4-11-23-16-7-9-17(10-8-16)24-13-19(22)21-15-6-5-14(2)18(20)12-15/h5-10,12H,3-4,11,13H2,1-2H3,(H,21,22). The van der Waals surface area contributed by atoms with Crippen LogP contribution in [0.15, 0.2) is 42.5 Å². The molecule has 0 aliphatic rings. The zero-order valence-electron chi connectivity index (χ0n) is 14.0. The third-order valence-electron chi connectivity index (χ3n) is 3.42. The number of anilines is 1. The average molecular weight is 348 g/mol. The van der Waals surface area contributed by atoms with Crippen LogP contribution in [0.1, 0.15) is 25.3 Å². The number of unbranched alkanes of at least 4 members (excludes halogenated alkanes) is 1. The van der Waals surface area contributed by atoms with Crippen molar-refractivity contribution in [1.29, 1.82) is 0 Å². The molecule has 0 atom stereocenters. The first kappa shape index (κ1) is 18.1. The van der Waals surface area contributed by atoms with Crippen molar-refractivity contribution in [3.63, 3.8) is 0 Å². The minimum absolute atomic E-state index is 0.0679. The third-order valence-corrected chi connectivity index (χ3v) is 3.82. The Kier molecular flexibility index (Phi) is 6.94. The molecule has 0 aliphatic carbocycles. The van der Waals surface area contributed by atoms with E-state index in [1.807, 2.05) is 31.2 Å². The predicted octanol–water partition coefficient (Wildman–Crippen LogP) is 4.84. The van der Waals surface area contributed by atoms with Gasteiger partial charge in [-0.3, -0.25) is 4.79 Å². The lowest BCUT2D eigenvalue weighted by Gasteiger charge is -2.09. The molecule has 0 saturated carbocycles. The molecule has 5 heteroatoms. The molecule has 0 radical (unpaired) electrons. The maximum atomic E-state index is 11.9. The number of aryl methyl sites for hydroxylation is 1. The Morgan fingerprint density at radius 1 is 1.08 bits per heavy atom. The fraction of sp³-hybridized carbons (Fsp3) is 0.316. The van der Waals surface area contributed by atoms with Crippen LogP contribution in [-0.4, -0.2) is 19.1 Å². The molecule has 1 N–H and O–H groups in total. The minimum Gasteiger partial charge on any atom is -0.494 e. The van der Waals surface area contributed by atoms with Crippen molar-refractivity contribution in [3.8, 4) is 11.5 Å². The van der Waals surface area contributed by atoms with Crippen molar-refractivity contribution in [2.24, 2.45) is 0 Å². The largest absolute Gasteiger partial charge is 0.494 e. The summed E-state index contributed by atoms with van der Waals surface area (Å²) in [5, 5.41) is 3.37. The van der Waals surface area contributed by atoms with Gasteiger partial charge >= 0.3 is 0 Å². The van der Waals surface area contributed by atoms with E-state index in [-0.39, 0.29) is 12.5 Å². The molecule has 2 aromatic rings. The van der Waals surface area contributed by atoms with Gasteiger partial charge in [0.05, 0.1) is 6.61 Å². The Labute approximate surface area is 147 Å². The van der Waals surface area contributed by atoms with Crippen LogP contribution in [-0.2, 0) is 4.79 Å². The topological polar surface area (TPSA) is 47.6 Å². The molecule has 0 saturated heterocycles. The van der Waals surface area contributed by atoms with Gasteiger partial charge in [0, 0.05) is 10.7 Å². The highest BCUT2D eigenvalue weighted by atomic mass is 35.5. The average Bonchev–Trinajstić information content (AvgIpc) is 2.58. The molecule has 0 spiro atoms. The number of nitrogens with one attached hydrogen (secondary N) is 1. The summed E-state index contributed by atoms with van der Waals surface area (Å²) in [7, 11) is 0. The second-order valence-electron chi connectivity index (χ2n) is 5.47. The summed E-state index contributed by atoms with van der Waals surface area (Å²) in [4.78, 5) is 11.9. The van der Waals surface area contributed by atoms with E-state index in [4.69, 9.17) is 21.1 Å². The first-order valence-corrected chi connectivity index (χ1v) is 8.38. The predicted molar refractivity (Wildman–Crippen MR) is 97.2 cm³/mol. The van der Waals surface area contributed by atoms with E-state index >= 15 is 0 Å². The summed E-state index contributed by atoms with van der Waals surface area (Å²) in [6, 6.07) is 12.6. The molecule has 2 rings (SSSR count). The maximum absolute atomic E-state index is 11.9. The molecule has 0 aliphatic heterocycles. The van der Waals surface area contributed by atoms with Crippen molar-refractivity contribution in [3.05, 3.63) is 53.1 Å². The Hall–Kier alpha value is -2.20. The number of amides is 1. The molecule has 24 heavy (non-hydrogen) atoms. The summed E-state index contributed by atoms with van der Waals surface area (Å²) in [6.07, 6.45) is 2.13. The van der Waals surface area contributed by atoms with Crippen LogP contribution < -0.4 is 14.8 Å². The lowest BCUT2D eigenvalue weighted by Crippen LogP contribution is -2.20. The van der Waals surface area contributed by atoms with Gasteiger partial charge in [-0.2, -0.15) is 0 Å². The van der Waals surface area contributed by atoms with E-state index in [2.05, 4.69) is 12.2 Å². The molecule has 1 amide bonds. The van der Waals surface area contributed by atoms with Gasteiger partial charge in [0.2, 0.25) is 0 Å². The second kappa shape index (κ2) is 9.18. The summed E-state index contributed by atoms with van der Waals surface area (Å²) >= 11 is 6.04. The molecule has 4 nitrogen and oxygen atoms in total. The first-order valence-electron chi connectivity index (χ1n) is 8.00. The van der Waals surface area contributed by atoms with Crippen LogP contribution in [0.2, 0.25) is 5.02 Å². The van der Waals surface area contributed by atoms with Gasteiger partial charge in [0.25, 0.3) is 5.91 Å². The molecular weight excluding hydrogens is 326 g/mol. The SMILES string of the molecule is CCCCOc1ccc(OCC(=O)Nc2ccc(C)c(Cl)c2)cc1. The molecule has 128 valence electrons. The fourth-order valence-corrected chi connectivity index (χ4v) is 2.16. The number of halogens is 1. The van der Waals surface area contributed by atoms with Crippen molar-refractivity contribution in [2.45, 2.75) is 26.7 Å². The number of carbonyl (C=O) groups is 1. The number of ether oxygens (including phenoxy) is 2. The molecule has 0 unspecified atom stereocenters. The lowest BCUT2D eigenvalue weighted by atomic mass is 10.2. The highest BCUT2D eigenvalue weighted by Crippen LogP contribution is 2.20. The van der Waals surface area contributed by atoms with E-state index in [1.54, 1.807) is 18.2 Å². The fourth-order valence-electron chi connectivity index (χ4n) is 1.98. The van der Waals surface area contributed by atoms with Crippen molar-refractivity contribution < 1.29 is 14.3 Å². The molecule has 0 bridgehead atoms. The Balaban J connectivity index is 1.79. The molecule has 2 aromatic carbocycles. The maximum Gasteiger partial charge on any atom is 0.262 e. The Bertz CT molecular complexity index is 671. The van der Waals surface area contributed by atoms with E-state index in [1.165, 1.54) is 0 Å². The number of rotatable bonds is 8. The first-order chi connectivity index (χ1) is 11.6. The molecule has 0 fully saturated rings. The van der Waals surface area contributed by atoms with Gasteiger partial charge in [-0.25, -0.2) is 0 Å². The number of hydrogen-bond acceptors (Lipinski definition) is 3. The summed E-state index contributed by atoms with van der Waals surface area (Å²) in [5.41, 5.74) is 1.62. The van der Waals surface area contributed by atoms with Crippen LogP contribution in [0, 0.1) is 6.92 Å². The number of hydrogen-bond donors (Lipinski definition) is 1. The van der Waals surface area contributed by atoms with Crippen LogP contribution in [0.5, 0.6) is 11.5 Å². The van der Waals surface area contributed by atoms with E-state index in [9.17, 15) is 4.79 Å². The highest BCUT2D eigenvalue weighted by Gasteiger charge is 2.05. The van der Waals surface area contributed by atoms with Crippen LogP contribution in [0.4, 0.5) is 5.69 Å². The minimum atomic E-state index is -0.238. The normalized spacial score (nSPS) is 10.3. The molecule has 0 heterocycles. The van der Waals surface area contributed by atoms with Crippen LogP contribution in [0.25, 0.3) is 0 Å². The summed E-state index contributed by atoms with van der Waals surface area (Å²) in [6.45, 7) is 4.67. The molecular formula is C19H22ClNO3. The van der Waals surface area contributed by atoms with Gasteiger partial charge in [0.15, 0.2) is 6.61 Å². The number of carbonyl (C=O) groups excluding carboxylic acids is 1. The van der Waals surface area contributed by atoms with E-state index in [0.29, 0.717) is 23.1 Å². The van der Waals surface area contributed by atoms with Gasteiger partial charge in [-0.05, 0) is 55.3 Å². The van der Waals surface area contributed by atoms with E-state index in [0.717, 1.165) is 24.2 Å². The smallest absolute Gasteiger partial charge is 0.262 e. The highest BCUT2D eigenvalue weighted by molar-refractivity contribution is 6.31. The van der Waals surface area contributed by atoms with Crippen molar-refractivity contribution in [2.75, 3.05) is 18.5 Å². The van der Waals surface area contributed by atoms with Gasteiger partial charge in [0.1, 0.15) is 11.5 Å². The zero-order chi connectivity index (χ0) is 17.4. The van der Waals surface area contributed by atoms with Gasteiger partial charge in [-0.15, -0.1) is 0 Å². The number of benzene rings is 2. The summed E-state index contributed by atoms with van der Waals surface area (Å²) < 4.78 is 11.1. The van der Waals surface area contributed by atoms with Gasteiger partial charge < -0.3 is 14.8 Å². The molecule has 0 aromatic heterocycles.